The average molecular weight is 227 g/mol. The fraction of sp³-hybridized carbons (Fsp3) is 0.833. The molecule has 1 saturated carbocycles. The van der Waals surface area contributed by atoms with E-state index in [1.807, 2.05) is 0 Å². The Morgan fingerprint density at radius 2 is 2.06 bits per heavy atom. The summed E-state index contributed by atoms with van der Waals surface area (Å²) in [4.78, 5) is 22.5. The van der Waals surface area contributed by atoms with Crippen molar-refractivity contribution in [3.63, 3.8) is 0 Å². The van der Waals surface area contributed by atoms with E-state index in [0.717, 1.165) is 12.8 Å². The third kappa shape index (κ3) is 4.64. The second kappa shape index (κ2) is 6.51. The van der Waals surface area contributed by atoms with Crippen LogP contribution in [0.15, 0.2) is 0 Å². The van der Waals surface area contributed by atoms with E-state index in [-0.39, 0.29) is 24.7 Å². The van der Waals surface area contributed by atoms with Crippen molar-refractivity contribution in [2.24, 2.45) is 5.92 Å². The van der Waals surface area contributed by atoms with E-state index in [0.29, 0.717) is 18.6 Å². The topological polar surface area (TPSA) is 55.4 Å². The van der Waals surface area contributed by atoms with Crippen LogP contribution in [0.3, 0.4) is 0 Å². The molecule has 0 heterocycles. The van der Waals surface area contributed by atoms with Crippen molar-refractivity contribution >= 4 is 11.9 Å². The summed E-state index contributed by atoms with van der Waals surface area (Å²) in [6, 6.07) is 0.310. The first-order chi connectivity index (χ1) is 7.61. The molecule has 92 valence electrons. The fourth-order valence-electron chi connectivity index (χ4n) is 2.09. The number of carbonyl (C=O) groups excluding carboxylic acids is 2. The van der Waals surface area contributed by atoms with Gasteiger partial charge in [0.2, 0.25) is 5.91 Å². The molecule has 4 heteroatoms. The molecule has 0 aromatic heterocycles. The van der Waals surface area contributed by atoms with Crippen molar-refractivity contribution in [1.82, 2.24) is 5.32 Å². The highest BCUT2D eigenvalue weighted by Crippen LogP contribution is 2.24. The molecule has 0 saturated heterocycles. The Morgan fingerprint density at radius 3 is 2.62 bits per heavy atom. The second-order valence-electron chi connectivity index (χ2n) is 4.49. The molecule has 0 aromatic carbocycles. The van der Waals surface area contributed by atoms with Gasteiger partial charge in [-0.05, 0) is 32.1 Å². The van der Waals surface area contributed by atoms with Gasteiger partial charge in [0.1, 0.15) is 0 Å². The Morgan fingerprint density at radius 1 is 1.31 bits per heavy atom. The molecule has 0 aliphatic heterocycles. The number of rotatable bonds is 5. The number of hydrogen-bond donors (Lipinski definition) is 1. The smallest absolute Gasteiger partial charge is 0.306 e. The van der Waals surface area contributed by atoms with E-state index in [9.17, 15) is 9.59 Å². The van der Waals surface area contributed by atoms with Crippen molar-refractivity contribution in [1.29, 1.82) is 0 Å². The van der Waals surface area contributed by atoms with Gasteiger partial charge in [-0.15, -0.1) is 0 Å². The molecular formula is C12H21NO3. The number of hydrogen-bond acceptors (Lipinski definition) is 3. The summed E-state index contributed by atoms with van der Waals surface area (Å²) in [7, 11) is 0. The largest absolute Gasteiger partial charge is 0.466 e. The van der Waals surface area contributed by atoms with Crippen molar-refractivity contribution in [3.8, 4) is 0 Å². The predicted molar refractivity (Wildman–Crippen MR) is 60.8 cm³/mol. The molecule has 1 rings (SSSR count). The van der Waals surface area contributed by atoms with E-state index in [1.54, 1.807) is 6.92 Å². The quantitative estimate of drug-likeness (QED) is 0.726. The molecule has 0 aromatic rings. The summed E-state index contributed by atoms with van der Waals surface area (Å²) in [5.74, 6) is 0.375. The normalized spacial score (nSPS) is 24.1. The zero-order valence-electron chi connectivity index (χ0n) is 10.1. The average Bonchev–Trinajstić information content (AvgIpc) is 2.61. The summed E-state index contributed by atoms with van der Waals surface area (Å²) >= 11 is 0. The lowest BCUT2D eigenvalue weighted by atomic mass is 10.1. The van der Waals surface area contributed by atoms with Crippen LogP contribution in [0.25, 0.3) is 0 Å². The van der Waals surface area contributed by atoms with Crippen molar-refractivity contribution in [2.75, 3.05) is 6.61 Å². The van der Waals surface area contributed by atoms with Crippen LogP contribution >= 0.6 is 0 Å². The Balaban J connectivity index is 2.13. The molecule has 1 N–H and O–H groups in total. The minimum Gasteiger partial charge on any atom is -0.466 e. The van der Waals surface area contributed by atoms with Gasteiger partial charge in [0.25, 0.3) is 0 Å². The van der Waals surface area contributed by atoms with Gasteiger partial charge in [-0.1, -0.05) is 6.92 Å². The van der Waals surface area contributed by atoms with Gasteiger partial charge in [0.05, 0.1) is 13.0 Å². The Labute approximate surface area is 96.7 Å². The monoisotopic (exact) mass is 227 g/mol. The predicted octanol–water partition coefficient (Wildman–Crippen LogP) is 1.63. The van der Waals surface area contributed by atoms with Crippen LogP contribution < -0.4 is 5.32 Å². The van der Waals surface area contributed by atoms with Gasteiger partial charge < -0.3 is 10.1 Å². The third-order valence-electron chi connectivity index (χ3n) is 2.92. The third-order valence-corrected chi connectivity index (χ3v) is 2.92. The number of nitrogens with one attached hydrogen (secondary N) is 1. The summed E-state index contributed by atoms with van der Waals surface area (Å²) in [6.07, 6.45) is 3.73. The van der Waals surface area contributed by atoms with Crippen molar-refractivity contribution < 1.29 is 14.3 Å². The molecule has 2 atom stereocenters. The van der Waals surface area contributed by atoms with Crippen molar-refractivity contribution in [3.05, 3.63) is 0 Å². The molecule has 1 aliphatic carbocycles. The lowest BCUT2D eigenvalue weighted by Crippen LogP contribution is -2.33. The lowest BCUT2D eigenvalue weighted by Gasteiger charge is -2.11. The minimum atomic E-state index is -0.294. The first kappa shape index (κ1) is 13.0. The second-order valence-corrected chi connectivity index (χ2v) is 4.49. The summed E-state index contributed by atoms with van der Waals surface area (Å²) in [5.41, 5.74) is 0. The van der Waals surface area contributed by atoms with Crippen LogP contribution in [0.2, 0.25) is 0 Å². The zero-order chi connectivity index (χ0) is 12.0. The highest BCUT2D eigenvalue weighted by atomic mass is 16.5. The Kier molecular flexibility index (Phi) is 5.29. The van der Waals surface area contributed by atoms with E-state index >= 15 is 0 Å². The first-order valence-electron chi connectivity index (χ1n) is 6.06. The number of ether oxygens (including phenoxy) is 1. The number of carbonyl (C=O) groups is 2. The van der Waals surface area contributed by atoms with Crippen LogP contribution in [0.4, 0.5) is 0 Å². The molecule has 0 spiro atoms. The molecule has 0 bridgehead atoms. The maximum Gasteiger partial charge on any atom is 0.306 e. The molecule has 0 radical (unpaired) electrons. The van der Waals surface area contributed by atoms with E-state index in [4.69, 9.17) is 4.74 Å². The molecule has 2 unspecified atom stereocenters. The molecule has 4 nitrogen and oxygen atoms in total. The van der Waals surface area contributed by atoms with Crippen LogP contribution in [0.5, 0.6) is 0 Å². The van der Waals surface area contributed by atoms with Gasteiger partial charge in [-0.3, -0.25) is 9.59 Å². The van der Waals surface area contributed by atoms with E-state index < -0.39 is 0 Å². The van der Waals surface area contributed by atoms with Gasteiger partial charge >= 0.3 is 5.97 Å². The zero-order valence-corrected chi connectivity index (χ0v) is 10.1. The maximum absolute atomic E-state index is 11.5. The van der Waals surface area contributed by atoms with Crippen molar-refractivity contribution in [2.45, 2.75) is 52.0 Å². The van der Waals surface area contributed by atoms with E-state index in [1.165, 1.54) is 6.42 Å². The first-order valence-corrected chi connectivity index (χ1v) is 6.06. The van der Waals surface area contributed by atoms with Crippen LogP contribution in [-0.2, 0) is 14.3 Å². The van der Waals surface area contributed by atoms with Gasteiger partial charge in [-0.2, -0.15) is 0 Å². The highest BCUT2D eigenvalue weighted by Gasteiger charge is 2.22. The molecule has 16 heavy (non-hydrogen) atoms. The Hall–Kier alpha value is -1.06. The molecule has 1 aliphatic rings. The summed E-state index contributed by atoms with van der Waals surface area (Å²) in [5, 5.41) is 2.96. The summed E-state index contributed by atoms with van der Waals surface area (Å²) < 4.78 is 4.76. The summed E-state index contributed by atoms with van der Waals surface area (Å²) in [6.45, 7) is 4.34. The van der Waals surface area contributed by atoms with Crippen LogP contribution in [0, 0.1) is 5.92 Å². The van der Waals surface area contributed by atoms with Gasteiger partial charge in [-0.25, -0.2) is 0 Å². The van der Waals surface area contributed by atoms with E-state index in [2.05, 4.69) is 12.2 Å². The standard InChI is InChI=1S/C12H21NO3/c1-3-16-12(15)7-6-11(14)13-10-5-4-9(2)8-10/h9-10H,3-8H2,1-2H3,(H,13,14). The molecule has 1 fully saturated rings. The molecule has 1 amide bonds. The lowest BCUT2D eigenvalue weighted by molar-refractivity contribution is -0.144. The Bertz CT molecular complexity index is 253. The van der Waals surface area contributed by atoms with Gasteiger partial charge in [0.15, 0.2) is 0 Å². The SMILES string of the molecule is CCOC(=O)CCC(=O)NC1CCC(C)C1. The number of amides is 1. The highest BCUT2D eigenvalue weighted by molar-refractivity contribution is 5.81. The van der Waals surface area contributed by atoms with Crippen LogP contribution in [0.1, 0.15) is 46.0 Å². The fourth-order valence-corrected chi connectivity index (χ4v) is 2.09. The molecular weight excluding hydrogens is 206 g/mol. The maximum atomic E-state index is 11.5. The number of esters is 1. The van der Waals surface area contributed by atoms with Gasteiger partial charge in [0, 0.05) is 12.5 Å². The van der Waals surface area contributed by atoms with Crippen LogP contribution in [-0.4, -0.2) is 24.5 Å². The minimum absolute atomic E-state index is 0.0350.